The lowest BCUT2D eigenvalue weighted by Gasteiger charge is -2.18. The summed E-state index contributed by atoms with van der Waals surface area (Å²) < 4.78 is 2.10. The highest BCUT2D eigenvalue weighted by Gasteiger charge is 2.20. The van der Waals surface area contributed by atoms with Gasteiger partial charge in [0.2, 0.25) is 0 Å². The van der Waals surface area contributed by atoms with Crippen molar-refractivity contribution in [2.24, 2.45) is 18.7 Å². The fraction of sp³-hybridized carbons (Fsp3) is 0.500. The molecule has 2 aromatic heterocycles. The fourth-order valence-corrected chi connectivity index (χ4v) is 2.05. The molecule has 0 saturated carbocycles. The zero-order chi connectivity index (χ0) is 11.7. The molecule has 16 heavy (non-hydrogen) atoms. The van der Waals surface area contributed by atoms with Crippen LogP contribution in [0.25, 0.3) is 11.2 Å². The Morgan fingerprint density at radius 1 is 1.44 bits per heavy atom. The average Bonchev–Trinajstić information content (AvgIpc) is 2.58. The van der Waals surface area contributed by atoms with Crippen LogP contribution in [0.4, 0.5) is 0 Å². The minimum absolute atomic E-state index is 0.291. The molecule has 0 saturated heterocycles. The van der Waals surface area contributed by atoms with Crippen LogP contribution in [-0.4, -0.2) is 21.1 Å². The second kappa shape index (κ2) is 4.22. The Bertz CT molecular complexity index is 487. The Hall–Kier alpha value is -1.42. The number of aromatic nitrogens is 3. The van der Waals surface area contributed by atoms with Gasteiger partial charge in [0, 0.05) is 25.7 Å². The van der Waals surface area contributed by atoms with Gasteiger partial charge in [-0.05, 0) is 18.1 Å². The normalized spacial score (nSPS) is 13.6. The van der Waals surface area contributed by atoms with Gasteiger partial charge in [0.1, 0.15) is 5.82 Å². The summed E-state index contributed by atoms with van der Waals surface area (Å²) in [6.45, 7) is 4.96. The van der Waals surface area contributed by atoms with Crippen LogP contribution < -0.4 is 5.73 Å². The second-order valence-electron chi connectivity index (χ2n) is 4.46. The van der Waals surface area contributed by atoms with E-state index in [1.165, 1.54) is 0 Å². The Kier molecular flexibility index (Phi) is 2.92. The number of rotatable bonds is 3. The lowest BCUT2D eigenvalue weighted by Crippen LogP contribution is -2.21. The van der Waals surface area contributed by atoms with E-state index in [9.17, 15) is 0 Å². The van der Waals surface area contributed by atoms with Crippen LogP contribution in [0.1, 0.15) is 25.6 Å². The van der Waals surface area contributed by atoms with E-state index < -0.39 is 0 Å². The van der Waals surface area contributed by atoms with Crippen LogP contribution in [0.15, 0.2) is 18.3 Å². The highest BCUT2D eigenvalue weighted by Crippen LogP contribution is 2.24. The van der Waals surface area contributed by atoms with Crippen molar-refractivity contribution < 1.29 is 0 Å². The molecule has 86 valence electrons. The molecule has 0 radical (unpaired) electrons. The van der Waals surface area contributed by atoms with Crippen molar-refractivity contribution in [1.29, 1.82) is 0 Å². The van der Waals surface area contributed by atoms with Gasteiger partial charge in [-0.15, -0.1) is 0 Å². The van der Waals surface area contributed by atoms with Crippen molar-refractivity contribution in [2.45, 2.75) is 19.8 Å². The summed E-state index contributed by atoms with van der Waals surface area (Å²) in [4.78, 5) is 8.84. The Labute approximate surface area is 95.5 Å². The first-order valence-corrected chi connectivity index (χ1v) is 5.62. The molecule has 2 rings (SSSR count). The van der Waals surface area contributed by atoms with E-state index in [1.807, 2.05) is 19.2 Å². The summed E-state index contributed by atoms with van der Waals surface area (Å²) in [5.74, 6) is 1.81. The zero-order valence-corrected chi connectivity index (χ0v) is 10.0. The van der Waals surface area contributed by atoms with Crippen molar-refractivity contribution in [3.63, 3.8) is 0 Å². The second-order valence-corrected chi connectivity index (χ2v) is 4.46. The van der Waals surface area contributed by atoms with Gasteiger partial charge in [-0.3, -0.25) is 0 Å². The molecule has 0 aliphatic carbocycles. The molecule has 1 unspecified atom stereocenters. The van der Waals surface area contributed by atoms with Crippen molar-refractivity contribution in [3.8, 4) is 0 Å². The highest BCUT2D eigenvalue weighted by molar-refractivity contribution is 5.71. The highest BCUT2D eigenvalue weighted by atomic mass is 15.1. The van der Waals surface area contributed by atoms with Gasteiger partial charge in [-0.25, -0.2) is 9.97 Å². The van der Waals surface area contributed by atoms with Gasteiger partial charge in [-0.2, -0.15) is 0 Å². The molecule has 0 spiro atoms. The molecule has 0 aliphatic heterocycles. The van der Waals surface area contributed by atoms with E-state index in [4.69, 9.17) is 5.73 Å². The molecule has 0 bridgehead atoms. The quantitative estimate of drug-likeness (QED) is 0.852. The van der Waals surface area contributed by atoms with Crippen LogP contribution in [-0.2, 0) is 7.05 Å². The van der Waals surface area contributed by atoms with E-state index in [0.29, 0.717) is 18.4 Å². The molecule has 0 fully saturated rings. The molecular weight excluding hydrogens is 200 g/mol. The molecule has 0 aliphatic rings. The van der Waals surface area contributed by atoms with Crippen molar-refractivity contribution in [3.05, 3.63) is 24.2 Å². The van der Waals surface area contributed by atoms with E-state index >= 15 is 0 Å². The number of imidazole rings is 1. The number of nitrogens with two attached hydrogens (primary N) is 1. The summed E-state index contributed by atoms with van der Waals surface area (Å²) in [5.41, 5.74) is 7.69. The van der Waals surface area contributed by atoms with Crippen molar-refractivity contribution >= 4 is 11.2 Å². The number of nitrogens with zero attached hydrogens (tertiary/aromatic N) is 3. The number of hydrogen-bond acceptors (Lipinski definition) is 3. The Morgan fingerprint density at radius 3 is 2.75 bits per heavy atom. The third-order valence-corrected chi connectivity index (χ3v) is 3.08. The molecule has 0 aromatic carbocycles. The predicted molar refractivity (Wildman–Crippen MR) is 65.1 cm³/mol. The van der Waals surface area contributed by atoms with Gasteiger partial charge in [0.25, 0.3) is 0 Å². The number of pyridine rings is 1. The molecule has 4 heteroatoms. The topological polar surface area (TPSA) is 56.7 Å². The zero-order valence-electron chi connectivity index (χ0n) is 10.0. The maximum Gasteiger partial charge on any atom is 0.177 e. The van der Waals surface area contributed by atoms with Crippen LogP contribution in [0.3, 0.4) is 0 Å². The van der Waals surface area contributed by atoms with E-state index in [0.717, 1.165) is 17.0 Å². The predicted octanol–water partition coefficient (Wildman–Crippen LogP) is 1.67. The third-order valence-electron chi connectivity index (χ3n) is 3.08. The minimum Gasteiger partial charge on any atom is -0.330 e. The Morgan fingerprint density at radius 2 is 2.19 bits per heavy atom. The standard InChI is InChI=1S/C12H18N4/c1-8(2)9(7-13)12-15-11-10(16(12)3)5-4-6-14-11/h4-6,8-9H,7,13H2,1-3H3. The van der Waals surface area contributed by atoms with Gasteiger partial charge in [0.05, 0.1) is 5.52 Å². The smallest absolute Gasteiger partial charge is 0.177 e. The number of fused-ring (bicyclic) bond motifs is 1. The largest absolute Gasteiger partial charge is 0.330 e. The summed E-state index contributed by atoms with van der Waals surface area (Å²) in [7, 11) is 2.03. The summed E-state index contributed by atoms with van der Waals surface area (Å²) in [5, 5.41) is 0. The van der Waals surface area contributed by atoms with Crippen LogP contribution in [0.5, 0.6) is 0 Å². The molecule has 2 heterocycles. The maximum atomic E-state index is 5.82. The van der Waals surface area contributed by atoms with E-state index in [-0.39, 0.29) is 0 Å². The van der Waals surface area contributed by atoms with Crippen molar-refractivity contribution in [2.75, 3.05) is 6.54 Å². The third kappa shape index (κ3) is 1.69. The number of hydrogen-bond donors (Lipinski definition) is 1. The first-order chi connectivity index (χ1) is 7.65. The van der Waals surface area contributed by atoms with Crippen LogP contribution in [0.2, 0.25) is 0 Å². The molecule has 1 atom stereocenters. The van der Waals surface area contributed by atoms with Gasteiger partial charge < -0.3 is 10.3 Å². The van der Waals surface area contributed by atoms with Gasteiger partial charge in [0.15, 0.2) is 5.65 Å². The molecule has 2 aromatic rings. The van der Waals surface area contributed by atoms with E-state index in [1.54, 1.807) is 6.20 Å². The van der Waals surface area contributed by atoms with Gasteiger partial charge in [-0.1, -0.05) is 13.8 Å². The van der Waals surface area contributed by atoms with Crippen LogP contribution in [0, 0.1) is 5.92 Å². The SMILES string of the molecule is CC(C)C(CN)c1nc2ncccc2n1C. The number of aryl methyl sites for hydroxylation is 1. The lowest BCUT2D eigenvalue weighted by atomic mass is 9.95. The molecule has 0 amide bonds. The lowest BCUT2D eigenvalue weighted by molar-refractivity contribution is 0.474. The summed E-state index contributed by atoms with van der Waals surface area (Å²) >= 11 is 0. The maximum absolute atomic E-state index is 5.82. The first kappa shape index (κ1) is 11.1. The Balaban J connectivity index is 2.56. The summed E-state index contributed by atoms with van der Waals surface area (Å²) in [6, 6.07) is 3.97. The summed E-state index contributed by atoms with van der Waals surface area (Å²) in [6.07, 6.45) is 1.77. The van der Waals surface area contributed by atoms with E-state index in [2.05, 4.69) is 28.4 Å². The average molecular weight is 218 g/mol. The first-order valence-electron chi connectivity index (χ1n) is 5.62. The monoisotopic (exact) mass is 218 g/mol. The molecule has 2 N–H and O–H groups in total. The molecule has 4 nitrogen and oxygen atoms in total. The van der Waals surface area contributed by atoms with Crippen molar-refractivity contribution in [1.82, 2.24) is 14.5 Å². The van der Waals surface area contributed by atoms with Gasteiger partial charge >= 0.3 is 0 Å². The van der Waals surface area contributed by atoms with Crippen LogP contribution >= 0.6 is 0 Å². The molecular formula is C12H18N4. The minimum atomic E-state index is 0.291. The fourth-order valence-electron chi connectivity index (χ4n) is 2.05.